The molecule has 3 aromatic rings. The summed E-state index contributed by atoms with van der Waals surface area (Å²) >= 11 is 0. The molecule has 2 atom stereocenters. The number of methoxy groups -OCH3 is 1. The monoisotopic (exact) mass is 432 g/mol. The molecule has 4 heterocycles. The Morgan fingerprint density at radius 3 is 2.88 bits per heavy atom. The number of pyridine rings is 2. The van der Waals surface area contributed by atoms with Gasteiger partial charge in [0.25, 0.3) is 5.56 Å². The molecule has 2 aliphatic rings. The van der Waals surface area contributed by atoms with Gasteiger partial charge >= 0.3 is 11.9 Å². The molecule has 1 aromatic carbocycles. The minimum Gasteiger partial charge on any atom is -0.466 e. The predicted octanol–water partition coefficient (Wildman–Crippen LogP) is 2.35. The summed E-state index contributed by atoms with van der Waals surface area (Å²) in [5.74, 6) is -1.52. The number of hydrogen-bond acceptors (Lipinski definition) is 7. The Labute approximate surface area is 182 Å². The van der Waals surface area contributed by atoms with Crippen LogP contribution in [-0.4, -0.2) is 33.7 Å². The van der Waals surface area contributed by atoms with Crippen LogP contribution in [0, 0.1) is 0 Å². The zero-order chi connectivity index (χ0) is 22.6. The summed E-state index contributed by atoms with van der Waals surface area (Å²) in [7, 11) is 1.22. The molecule has 0 spiro atoms. The van der Waals surface area contributed by atoms with Gasteiger partial charge in [0.2, 0.25) is 0 Å². The molecule has 0 fully saturated rings. The average molecular weight is 432 g/mol. The third kappa shape index (κ3) is 2.80. The maximum absolute atomic E-state index is 13.6. The van der Waals surface area contributed by atoms with Crippen LogP contribution in [0.5, 0.6) is 0 Å². The van der Waals surface area contributed by atoms with Gasteiger partial charge in [0, 0.05) is 22.6 Å². The van der Waals surface area contributed by atoms with Gasteiger partial charge in [-0.1, -0.05) is 25.1 Å². The Kier molecular flexibility index (Phi) is 4.49. The molecule has 0 saturated heterocycles. The summed E-state index contributed by atoms with van der Waals surface area (Å²) < 4.78 is 11.5. The van der Waals surface area contributed by atoms with Crippen LogP contribution in [0.1, 0.15) is 36.1 Å². The lowest BCUT2D eigenvalue weighted by Gasteiger charge is -2.35. The van der Waals surface area contributed by atoms with Crippen LogP contribution in [-0.2, 0) is 31.2 Å². The fourth-order valence-electron chi connectivity index (χ4n) is 4.39. The molecule has 0 saturated carbocycles. The fraction of sp³-hybridized carbons (Fsp3) is 0.250. The van der Waals surface area contributed by atoms with Crippen molar-refractivity contribution >= 4 is 22.8 Å². The molecule has 0 aliphatic carbocycles. The highest BCUT2D eigenvalue weighted by molar-refractivity contribution is 5.87. The number of fused-ring (bicyclic) bond motifs is 5. The molecule has 0 radical (unpaired) electrons. The fourth-order valence-corrected chi connectivity index (χ4v) is 4.39. The van der Waals surface area contributed by atoms with Crippen molar-refractivity contribution in [3.8, 4) is 11.4 Å². The van der Waals surface area contributed by atoms with Crippen molar-refractivity contribution in [1.29, 1.82) is 0 Å². The van der Waals surface area contributed by atoms with Gasteiger partial charge in [-0.3, -0.25) is 4.79 Å². The molecule has 162 valence electrons. The Balaban J connectivity index is 1.75. The topological polar surface area (TPSA) is 108 Å². The van der Waals surface area contributed by atoms with Crippen LogP contribution in [0.4, 0.5) is 0 Å². The highest BCUT2D eigenvalue weighted by atomic mass is 16.6. The van der Waals surface area contributed by atoms with E-state index in [1.807, 2.05) is 30.3 Å². The van der Waals surface area contributed by atoms with Crippen molar-refractivity contribution in [3.63, 3.8) is 0 Å². The largest absolute Gasteiger partial charge is 0.466 e. The highest BCUT2D eigenvalue weighted by Gasteiger charge is 2.48. The minimum absolute atomic E-state index is 0.0210. The van der Waals surface area contributed by atoms with Crippen LogP contribution < -0.4 is 5.56 Å². The van der Waals surface area contributed by atoms with Gasteiger partial charge in [-0.25, -0.2) is 14.6 Å². The van der Waals surface area contributed by atoms with Crippen molar-refractivity contribution in [3.05, 3.63) is 75.6 Å². The molecular formula is C24H20N2O6. The van der Waals surface area contributed by atoms with E-state index in [0.717, 1.165) is 22.5 Å². The Hall–Kier alpha value is -3.78. The number of ether oxygens (including phenoxy) is 2. The second kappa shape index (κ2) is 7.13. The smallest absolute Gasteiger partial charge is 0.343 e. The zero-order valence-corrected chi connectivity index (χ0v) is 17.5. The van der Waals surface area contributed by atoms with E-state index in [9.17, 15) is 19.5 Å². The van der Waals surface area contributed by atoms with Crippen molar-refractivity contribution < 1.29 is 24.2 Å². The number of esters is 2. The molecule has 1 unspecified atom stereocenters. The van der Waals surface area contributed by atoms with E-state index >= 15 is 0 Å². The van der Waals surface area contributed by atoms with E-state index in [1.165, 1.54) is 13.2 Å². The van der Waals surface area contributed by atoms with Gasteiger partial charge in [0.1, 0.15) is 0 Å². The van der Waals surface area contributed by atoms with E-state index < -0.39 is 29.2 Å². The average Bonchev–Trinajstić information content (AvgIpc) is 3.16. The molecule has 1 N–H and O–H groups in total. The maximum Gasteiger partial charge on any atom is 0.343 e. The number of rotatable bonds is 3. The standard InChI is InChI=1S/C24H20N2O6/c1-3-24(30)15-11-17-21-14(10-13-6-4-5-7-16(13)25-21)12-26(17)22(28)20(15)18(32-23(24)29)8-9-19(27)31-2/h4-11,18,30H,3,12H2,1-2H3/b9-8+/t18?,24-/m0/s1. The van der Waals surface area contributed by atoms with Gasteiger partial charge in [-0.2, -0.15) is 0 Å². The van der Waals surface area contributed by atoms with E-state index in [-0.39, 0.29) is 17.5 Å². The summed E-state index contributed by atoms with van der Waals surface area (Å²) in [5, 5.41) is 12.1. The van der Waals surface area contributed by atoms with Crippen molar-refractivity contribution in [2.24, 2.45) is 0 Å². The first kappa shape index (κ1) is 20.1. The third-order valence-corrected chi connectivity index (χ3v) is 6.13. The lowest BCUT2D eigenvalue weighted by Crippen LogP contribution is -2.45. The molecule has 2 aromatic heterocycles. The highest BCUT2D eigenvalue weighted by Crippen LogP contribution is 2.42. The van der Waals surface area contributed by atoms with Crippen LogP contribution in [0.15, 0.2) is 53.3 Å². The van der Waals surface area contributed by atoms with Gasteiger partial charge < -0.3 is 19.1 Å². The second-order valence-corrected chi connectivity index (χ2v) is 7.86. The van der Waals surface area contributed by atoms with Crippen molar-refractivity contribution in [2.75, 3.05) is 7.11 Å². The Morgan fingerprint density at radius 2 is 2.12 bits per heavy atom. The number of cyclic esters (lactones) is 1. The minimum atomic E-state index is -1.97. The van der Waals surface area contributed by atoms with E-state index in [0.29, 0.717) is 17.9 Å². The zero-order valence-electron chi connectivity index (χ0n) is 17.5. The first-order valence-electron chi connectivity index (χ1n) is 10.2. The number of aliphatic hydroxyl groups is 1. The number of hydrogen-bond donors (Lipinski definition) is 1. The lowest BCUT2D eigenvalue weighted by molar-refractivity contribution is -0.175. The Morgan fingerprint density at radius 1 is 1.34 bits per heavy atom. The maximum atomic E-state index is 13.6. The molecule has 0 amide bonds. The SMILES string of the molecule is CC[C@@]1(O)C(=O)OC(/C=C/C(=O)OC)c2c1cc1n(c2=O)Cc2cc3ccccc3nc2-1. The second-order valence-electron chi connectivity index (χ2n) is 7.86. The summed E-state index contributed by atoms with van der Waals surface area (Å²) in [6, 6.07) is 11.3. The van der Waals surface area contributed by atoms with E-state index in [2.05, 4.69) is 4.74 Å². The lowest BCUT2D eigenvalue weighted by atomic mass is 9.83. The number of carbonyl (C=O) groups excluding carboxylic acids is 2. The Bertz CT molecular complexity index is 1390. The molecule has 0 bridgehead atoms. The van der Waals surface area contributed by atoms with E-state index in [1.54, 1.807) is 17.6 Å². The first-order valence-corrected chi connectivity index (χ1v) is 10.2. The van der Waals surface area contributed by atoms with Gasteiger partial charge in [0.15, 0.2) is 11.7 Å². The van der Waals surface area contributed by atoms with Gasteiger partial charge in [-0.05, 0) is 30.7 Å². The third-order valence-electron chi connectivity index (χ3n) is 6.13. The molecule has 8 heteroatoms. The predicted molar refractivity (Wildman–Crippen MR) is 115 cm³/mol. The van der Waals surface area contributed by atoms with Crippen LogP contribution in [0.3, 0.4) is 0 Å². The summed E-state index contributed by atoms with van der Waals surface area (Å²) in [6.45, 7) is 1.95. The quantitative estimate of drug-likeness (QED) is 0.391. The molecule has 5 rings (SSSR count). The van der Waals surface area contributed by atoms with Gasteiger partial charge in [0.05, 0.1) is 36.1 Å². The van der Waals surface area contributed by atoms with Gasteiger partial charge in [-0.15, -0.1) is 0 Å². The normalized spacial score (nSPS) is 21.2. The van der Waals surface area contributed by atoms with Crippen molar-refractivity contribution in [2.45, 2.75) is 31.6 Å². The molecule has 2 aliphatic heterocycles. The summed E-state index contributed by atoms with van der Waals surface area (Å²) in [5.41, 5.74) is 0.753. The molecular weight excluding hydrogens is 412 g/mol. The van der Waals surface area contributed by atoms with Crippen LogP contribution >= 0.6 is 0 Å². The first-order chi connectivity index (χ1) is 15.4. The number of aromatic nitrogens is 2. The number of carbonyl (C=O) groups is 2. The molecule has 8 nitrogen and oxygen atoms in total. The number of nitrogens with zero attached hydrogens (tertiary/aromatic N) is 2. The van der Waals surface area contributed by atoms with Crippen molar-refractivity contribution in [1.82, 2.24) is 9.55 Å². The summed E-state index contributed by atoms with van der Waals surface area (Å²) in [6.07, 6.45) is 1.29. The van der Waals surface area contributed by atoms with Crippen LogP contribution in [0.2, 0.25) is 0 Å². The number of para-hydroxylation sites is 1. The summed E-state index contributed by atoms with van der Waals surface area (Å²) in [4.78, 5) is 42.6. The molecule has 32 heavy (non-hydrogen) atoms. The number of benzene rings is 1. The van der Waals surface area contributed by atoms with Crippen LogP contribution in [0.25, 0.3) is 22.3 Å². The van der Waals surface area contributed by atoms with E-state index in [4.69, 9.17) is 9.72 Å².